The van der Waals surface area contributed by atoms with Crippen molar-refractivity contribution in [3.05, 3.63) is 70.3 Å². The molecule has 4 nitrogen and oxygen atoms in total. The van der Waals surface area contributed by atoms with Gasteiger partial charge >= 0.3 is 0 Å². The van der Waals surface area contributed by atoms with Gasteiger partial charge in [0.05, 0.1) is 11.6 Å². The third-order valence-corrected chi connectivity index (χ3v) is 4.46. The van der Waals surface area contributed by atoms with Crippen LogP contribution in [0.4, 0.5) is 0 Å². The lowest BCUT2D eigenvalue weighted by Crippen LogP contribution is -1.88. The van der Waals surface area contributed by atoms with Crippen molar-refractivity contribution in [3.63, 3.8) is 0 Å². The van der Waals surface area contributed by atoms with Crippen molar-refractivity contribution >= 4 is 12.2 Å². The summed E-state index contributed by atoms with van der Waals surface area (Å²) in [5.41, 5.74) is 4.29. The summed E-state index contributed by atoms with van der Waals surface area (Å²) < 4.78 is 0. The standard InChI is InChI=1S/C24H28O4/c1-16(2)5-4-6-17(3)7-12-21-23(27)13-18(14-24(21)28)8-9-19-10-11-20(25)15-22(19)26/h5,7-11,13-15,25-28H,4,6,12H2,1-3H3/p+1/b9-8+,17-7+. The Bertz CT molecular complexity index is 893. The zero-order valence-electron chi connectivity index (χ0n) is 16.7. The minimum absolute atomic E-state index is 0.0461. The van der Waals surface area contributed by atoms with Gasteiger partial charge in [0.15, 0.2) is 0 Å². The summed E-state index contributed by atoms with van der Waals surface area (Å²) >= 11 is 0. The van der Waals surface area contributed by atoms with Crippen molar-refractivity contribution in [1.29, 1.82) is 0 Å². The molecule has 0 bridgehead atoms. The van der Waals surface area contributed by atoms with Crippen LogP contribution in [-0.2, 0) is 6.42 Å². The molecule has 28 heavy (non-hydrogen) atoms. The highest BCUT2D eigenvalue weighted by molar-refractivity contribution is 5.74. The van der Waals surface area contributed by atoms with Crippen molar-refractivity contribution in [2.75, 3.05) is 0 Å². The molecule has 0 heterocycles. The summed E-state index contributed by atoms with van der Waals surface area (Å²) in [6.45, 7) is 6.22. The lowest BCUT2D eigenvalue weighted by Gasteiger charge is -2.08. The van der Waals surface area contributed by atoms with E-state index in [0.717, 1.165) is 12.8 Å². The molecule has 0 fully saturated rings. The predicted molar refractivity (Wildman–Crippen MR) is 116 cm³/mol. The van der Waals surface area contributed by atoms with Gasteiger partial charge in [-0.1, -0.05) is 29.4 Å². The third-order valence-electron chi connectivity index (χ3n) is 4.46. The number of hydrogen-bond donors (Lipinski definition) is 3. The van der Waals surface area contributed by atoms with Gasteiger partial charge in [-0.25, -0.2) is 0 Å². The summed E-state index contributed by atoms with van der Waals surface area (Å²) in [5.74, 6) is 0.343. The molecular formula is C24H29O4+. The Morgan fingerprint density at radius 3 is 2.21 bits per heavy atom. The van der Waals surface area contributed by atoms with Gasteiger partial charge in [-0.2, -0.15) is 0 Å². The van der Waals surface area contributed by atoms with Crippen LogP contribution in [0, 0.1) is 0 Å². The lowest BCUT2D eigenvalue weighted by atomic mass is 10.0. The molecule has 0 amide bonds. The first-order valence-electron chi connectivity index (χ1n) is 9.33. The Labute approximate surface area is 166 Å². The van der Waals surface area contributed by atoms with Crippen molar-refractivity contribution in [3.8, 4) is 23.0 Å². The zero-order chi connectivity index (χ0) is 20.7. The van der Waals surface area contributed by atoms with E-state index in [1.165, 1.54) is 23.3 Å². The summed E-state index contributed by atoms with van der Waals surface area (Å²) in [5, 5.41) is 37.9. The van der Waals surface area contributed by atoms with Crippen LogP contribution < -0.4 is 0 Å². The molecule has 0 atom stereocenters. The van der Waals surface area contributed by atoms with E-state index in [-0.39, 0.29) is 23.0 Å². The Morgan fingerprint density at radius 2 is 1.61 bits per heavy atom. The monoisotopic (exact) mass is 381 g/mol. The molecule has 0 aliphatic carbocycles. The zero-order valence-corrected chi connectivity index (χ0v) is 16.7. The van der Waals surface area contributed by atoms with Crippen molar-refractivity contribution in [2.45, 2.75) is 40.0 Å². The summed E-state index contributed by atoms with van der Waals surface area (Å²) in [7, 11) is 0. The van der Waals surface area contributed by atoms with E-state index >= 15 is 0 Å². The van der Waals surface area contributed by atoms with Gasteiger partial charge in [0.1, 0.15) is 17.2 Å². The lowest BCUT2D eigenvalue weighted by molar-refractivity contribution is 0.440. The van der Waals surface area contributed by atoms with Crippen LogP contribution in [0.3, 0.4) is 0 Å². The first kappa shape index (κ1) is 21.2. The van der Waals surface area contributed by atoms with E-state index in [4.69, 9.17) is 5.11 Å². The van der Waals surface area contributed by atoms with E-state index < -0.39 is 0 Å². The van der Waals surface area contributed by atoms with Crippen LogP contribution in [0.5, 0.6) is 23.0 Å². The fourth-order valence-electron chi connectivity index (χ4n) is 2.81. The molecule has 0 aromatic heterocycles. The van der Waals surface area contributed by atoms with E-state index in [1.807, 2.05) is 6.08 Å². The van der Waals surface area contributed by atoms with Crippen LogP contribution in [0.25, 0.3) is 12.2 Å². The molecule has 5 N–H and O–H groups in total. The number of allylic oxidation sites excluding steroid dienone is 4. The molecule has 2 aromatic rings. The van der Waals surface area contributed by atoms with E-state index in [2.05, 4.69) is 26.8 Å². The molecule has 0 aliphatic rings. The van der Waals surface area contributed by atoms with E-state index in [9.17, 15) is 15.3 Å². The second kappa shape index (κ2) is 9.70. The predicted octanol–water partition coefficient (Wildman–Crippen LogP) is 5.65. The molecule has 0 aliphatic heterocycles. The van der Waals surface area contributed by atoms with Gasteiger partial charge in [0.2, 0.25) is 0 Å². The van der Waals surface area contributed by atoms with Crippen molar-refractivity contribution < 1.29 is 20.4 Å². The number of rotatable bonds is 7. The van der Waals surface area contributed by atoms with Crippen LogP contribution in [0.15, 0.2) is 53.6 Å². The molecule has 0 saturated carbocycles. The van der Waals surface area contributed by atoms with Gasteiger partial charge in [-0.3, -0.25) is 0 Å². The van der Waals surface area contributed by atoms with E-state index in [0.29, 0.717) is 23.1 Å². The smallest absolute Gasteiger partial charge is 0.264 e. The Balaban J connectivity index is 2.11. The van der Waals surface area contributed by atoms with Gasteiger partial charge in [0.25, 0.3) is 5.75 Å². The van der Waals surface area contributed by atoms with Crippen LogP contribution in [-0.4, -0.2) is 20.4 Å². The summed E-state index contributed by atoms with van der Waals surface area (Å²) in [6.07, 6.45) is 10.1. The quantitative estimate of drug-likeness (QED) is 0.329. The van der Waals surface area contributed by atoms with Crippen molar-refractivity contribution in [1.82, 2.24) is 0 Å². The molecule has 0 saturated heterocycles. The first-order valence-corrected chi connectivity index (χ1v) is 9.33. The summed E-state index contributed by atoms with van der Waals surface area (Å²) in [4.78, 5) is 0. The van der Waals surface area contributed by atoms with Gasteiger partial charge < -0.3 is 20.4 Å². The maximum absolute atomic E-state index is 10.3. The van der Waals surface area contributed by atoms with E-state index in [1.54, 1.807) is 30.4 Å². The number of benzene rings is 2. The third kappa shape index (κ3) is 6.23. The SMILES string of the molecule is CC(C)=CCC/C(C)=C/Cc1c(O)cc(/C=C/c2ccc(O)cc2[OH2+])cc1O. The number of aromatic hydroxyl groups is 3. The Morgan fingerprint density at radius 1 is 0.929 bits per heavy atom. The minimum Gasteiger partial charge on any atom is -0.593 e. The largest absolute Gasteiger partial charge is 0.593 e. The minimum atomic E-state index is 0.0461. The van der Waals surface area contributed by atoms with Crippen LogP contribution in [0.1, 0.15) is 50.3 Å². The summed E-state index contributed by atoms with van der Waals surface area (Å²) in [6, 6.07) is 7.72. The highest BCUT2D eigenvalue weighted by Crippen LogP contribution is 2.31. The maximum atomic E-state index is 10.3. The van der Waals surface area contributed by atoms with Gasteiger partial charge in [0, 0.05) is 5.56 Å². The average Bonchev–Trinajstić information content (AvgIpc) is 2.60. The number of phenols is 3. The topological polar surface area (TPSA) is 83.6 Å². The van der Waals surface area contributed by atoms with Gasteiger partial charge in [-0.05, 0) is 75.9 Å². The molecular weight excluding hydrogens is 352 g/mol. The van der Waals surface area contributed by atoms with Crippen LogP contribution in [0.2, 0.25) is 0 Å². The number of phenolic OH excluding ortho intramolecular Hbond substituents is 3. The van der Waals surface area contributed by atoms with Crippen molar-refractivity contribution in [2.24, 2.45) is 0 Å². The molecule has 0 unspecified atom stereocenters. The molecule has 4 heteroatoms. The molecule has 2 aromatic carbocycles. The maximum Gasteiger partial charge on any atom is 0.264 e. The molecule has 0 spiro atoms. The average molecular weight is 381 g/mol. The first-order chi connectivity index (χ1) is 13.3. The van der Waals surface area contributed by atoms with Gasteiger partial charge in [-0.15, -0.1) is 0 Å². The second-order valence-electron chi connectivity index (χ2n) is 7.22. The fraction of sp³-hybridized carbons (Fsp3) is 0.250. The molecule has 148 valence electrons. The molecule has 2 rings (SSSR count). The fourth-order valence-corrected chi connectivity index (χ4v) is 2.81. The molecule has 0 radical (unpaired) electrons. The normalized spacial score (nSPS) is 11.8. The van der Waals surface area contributed by atoms with Crippen LogP contribution >= 0.6 is 0 Å². The highest BCUT2D eigenvalue weighted by Gasteiger charge is 2.09. The highest BCUT2D eigenvalue weighted by atomic mass is 16.3. The number of hydrogen-bond acceptors (Lipinski definition) is 3. The second-order valence-corrected chi connectivity index (χ2v) is 7.22. The Kier molecular flexibility index (Phi) is 7.33. The Hall–Kier alpha value is -3.14.